The van der Waals surface area contributed by atoms with Crippen LogP contribution >= 0.6 is 11.3 Å². The number of aliphatic carboxylic acids is 1. The van der Waals surface area contributed by atoms with E-state index in [4.69, 9.17) is 5.11 Å². The van der Waals surface area contributed by atoms with Crippen molar-refractivity contribution in [1.29, 1.82) is 0 Å². The second-order valence-corrected chi connectivity index (χ2v) is 6.46. The minimum atomic E-state index is -0.725. The Morgan fingerprint density at radius 3 is 2.52 bits per heavy atom. The number of carboxylic acids is 1. The highest BCUT2D eigenvalue weighted by Crippen LogP contribution is 2.30. The highest BCUT2D eigenvalue weighted by molar-refractivity contribution is 7.09. The molecule has 1 N–H and O–H groups in total. The van der Waals surface area contributed by atoms with Crippen LogP contribution in [0.25, 0.3) is 0 Å². The number of hydrogen-bond donors (Lipinski definition) is 1. The summed E-state index contributed by atoms with van der Waals surface area (Å²) in [5.41, 5.74) is 0. The van der Waals surface area contributed by atoms with E-state index in [1.165, 1.54) is 0 Å². The maximum Gasteiger partial charge on any atom is 0.306 e. The number of likely N-dealkylation sites (N-methyl/N-ethyl adjacent to an activating group) is 1. The van der Waals surface area contributed by atoms with Gasteiger partial charge in [0, 0.05) is 37.0 Å². The van der Waals surface area contributed by atoms with Gasteiger partial charge in [-0.15, -0.1) is 11.3 Å². The van der Waals surface area contributed by atoms with Crippen molar-refractivity contribution >= 4 is 23.2 Å². The minimum Gasteiger partial charge on any atom is -0.481 e. The van der Waals surface area contributed by atoms with E-state index in [1.807, 2.05) is 17.2 Å². The Morgan fingerprint density at radius 2 is 2.00 bits per heavy atom. The van der Waals surface area contributed by atoms with Gasteiger partial charge in [0.25, 0.3) is 0 Å². The summed E-state index contributed by atoms with van der Waals surface area (Å²) in [5.74, 6) is -0.814. The lowest BCUT2D eigenvalue weighted by Crippen LogP contribution is -2.39. The van der Waals surface area contributed by atoms with Gasteiger partial charge >= 0.3 is 5.97 Å². The van der Waals surface area contributed by atoms with E-state index in [9.17, 15) is 9.59 Å². The Morgan fingerprint density at radius 1 is 1.33 bits per heavy atom. The molecule has 0 bridgehead atoms. The Bertz CT molecular complexity index is 467. The quantitative estimate of drug-likeness (QED) is 0.876. The van der Waals surface area contributed by atoms with Crippen LogP contribution in [0, 0.1) is 11.8 Å². The van der Waals surface area contributed by atoms with Crippen molar-refractivity contribution in [3.8, 4) is 0 Å². The summed E-state index contributed by atoms with van der Waals surface area (Å²) in [6.45, 7) is 3.38. The molecule has 1 fully saturated rings. The van der Waals surface area contributed by atoms with E-state index in [-0.39, 0.29) is 17.7 Å². The van der Waals surface area contributed by atoms with Gasteiger partial charge in [-0.25, -0.2) is 4.98 Å². The lowest BCUT2D eigenvalue weighted by molar-refractivity contribution is -0.145. The monoisotopic (exact) mass is 310 g/mol. The Hall–Kier alpha value is -1.43. The van der Waals surface area contributed by atoms with Gasteiger partial charge in [0.15, 0.2) is 0 Å². The average Bonchev–Trinajstić information content (AvgIpc) is 3.01. The Kier molecular flexibility index (Phi) is 5.73. The summed E-state index contributed by atoms with van der Waals surface area (Å²) < 4.78 is 0. The highest BCUT2D eigenvalue weighted by Gasteiger charge is 2.31. The molecule has 21 heavy (non-hydrogen) atoms. The van der Waals surface area contributed by atoms with Crippen LogP contribution in [0.2, 0.25) is 0 Å². The largest absolute Gasteiger partial charge is 0.481 e. The summed E-state index contributed by atoms with van der Waals surface area (Å²) in [5, 5.41) is 12.0. The molecule has 0 aromatic carbocycles. The molecule has 5 nitrogen and oxygen atoms in total. The third-order valence-corrected chi connectivity index (χ3v) is 5.04. The van der Waals surface area contributed by atoms with Gasteiger partial charge in [-0.2, -0.15) is 0 Å². The number of thiazole rings is 1. The number of aromatic nitrogens is 1. The van der Waals surface area contributed by atoms with Crippen LogP contribution in [0.3, 0.4) is 0 Å². The number of carboxylic acid groups (broad SMARTS) is 1. The lowest BCUT2D eigenvalue weighted by Gasteiger charge is -2.30. The molecule has 2 rings (SSSR count). The van der Waals surface area contributed by atoms with E-state index in [2.05, 4.69) is 4.98 Å². The van der Waals surface area contributed by atoms with Crippen LogP contribution in [0.1, 0.15) is 37.6 Å². The highest BCUT2D eigenvalue weighted by atomic mass is 32.1. The van der Waals surface area contributed by atoms with E-state index < -0.39 is 5.97 Å². The Labute approximate surface area is 129 Å². The molecule has 1 aliphatic rings. The van der Waals surface area contributed by atoms with Gasteiger partial charge in [0.1, 0.15) is 0 Å². The average molecular weight is 310 g/mol. The molecule has 0 saturated heterocycles. The normalized spacial score (nSPS) is 22.0. The molecule has 1 amide bonds. The second-order valence-electron chi connectivity index (χ2n) is 5.48. The molecule has 0 aliphatic heterocycles. The van der Waals surface area contributed by atoms with Crippen LogP contribution in [0.4, 0.5) is 0 Å². The molecule has 116 valence electrons. The molecule has 0 radical (unpaired) electrons. The molecule has 0 unspecified atom stereocenters. The number of carbonyl (C=O) groups is 2. The van der Waals surface area contributed by atoms with Crippen molar-refractivity contribution in [2.75, 3.05) is 13.1 Å². The fraction of sp³-hybridized carbons (Fsp3) is 0.667. The van der Waals surface area contributed by atoms with Gasteiger partial charge in [0.2, 0.25) is 5.91 Å². The zero-order chi connectivity index (χ0) is 15.2. The van der Waals surface area contributed by atoms with Crippen molar-refractivity contribution < 1.29 is 14.7 Å². The molecule has 1 heterocycles. The van der Waals surface area contributed by atoms with Gasteiger partial charge < -0.3 is 10.0 Å². The molecule has 1 aromatic rings. The molecular weight excluding hydrogens is 288 g/mol. The van der Waals surface area contributed by atoms with Gasteiger partial charge in [-0.05, 0) is 32.6 Å². The van der Waals surface area contributed by atoms with Crippen molar-refractivity contribution in [1.82, 2.24) is 9.88 Å². The van der Waals surface area contributed by atoms with Crippen LogP contribution in [-0.2, 0) is 16.0 Å². The maximum absolute atomic E-state index is 12.5. The van der Waals surface area contributed by atoms with Crippen LogP contribution in [0.15, 0.2) is 11.6 Å². The maximum atomic E-state index is 12.5. The molecule has 0 atom stereocenters. The van der Waals surface area contributed by atoms with Gasteiger partial charge in [0.05, 0.1) is 10.9 Å². The smallest absolute Gasteiger partial charge is 0.306 e. The van der Waals surface area contributed by atoms with Crippen molar-refractivity contribution in [3.63, 3.8) is 0 Å². The van der Waals surface area contributed by atoms with Crippen molar-refractivity contribution in [2.45, 2.75) is 39.0 Å². The molecule has 1 aromatic heterocycles. The molecule has 6 heteroatoms. The van der Waals surface area contributed by atoms with Crippen LogP contribution in [-0.4, -0.2) is 40.0 Å². The molecular formula is C15H22N2O3S. The van der Waals surface area contributed by atoms with Crippen LogP contribution < -0.4 is 0 Å². The van der Waals surface area contributed by atoms with E-state index in [0.29, 0.717) is 38.8 Å². The Balaban J connectivity index is 1.84. The first kappa shape index (κ1) is 15.9. The SMILES string of the molecule is CCN(CCc1nccs1)C(=O)C1CCC(C(=O)O)CC1. The second kappa shape index (κ2) is 7.54. The predicted molar refractivity (Wildman–Crippen MR) is 81.2 cm³/mol. The summed E-state index contributed by atoms with van der Waals surface area (Å²) in [6, 6.07) is 0. The summed E-state index contributed by atoms with van der Waals surface area (Å²) in [6.07, 6.45) is 5.21. The summed E-state index contributed by atoms with van der Waals surface area (Å²) in [4.78, 5) is 29.6. The number of nitrogens with zero attached hydrogens (tertiary/aromatic N) is 2. The third-order valence-electron chi connectivity index (χ3n) is 4.20. The van der Waals surface area contributed by atoms with E-state index in [1.54, 1.807) is 17.5 Å². The number of rotatable bonds is 6. The topological polar surface area (TPSA) is 70.5 Å². The lowest BCUT2D eigenvalue weighted by atomic mass is 9.81. The minimum absolute atomic E-state index is 0.00292. The van der Waals surface area contributed by atoms with Gasteiger partial charge in [-0.3, -0.25) is 9.59 Å². The molecule has 0 spiro atoms. The molecule has 1 saturated carbocycles. The van der Waals surface area contributed by atoms with Crippen LogP contribution in [0.5, 0.6) is 0 Å². The van der Waals surface area contributed by atoms with Crippen molar-refractivity contribution in [2.24, 2.45) is 11.8 Å². The zero-order valence-corrected chi connectivity index (χ0v) is 13.1. The van der Waals surface area contributed by atoms with E-state index in [0.717, 1.165) is 11.4 Å². The number of amides is 1. The van der Waals surface area contributed by atoms with Crippen molar-refractivity contribution in [3.05, 3.63) is 16.6 Å². The first-order chi connectivity index (χ1) is 10.1. The fourth-order valence-electron chi connectivity index (χ4n) is 2.88. The van der Waals surface area contributed by atoms with E-state index >= 15 is 0 Å². The summed E-state index contributed by atoms with van der Waals surface area (Å²) in [7, 11) is 0. The zero-order valence-electron chi connectivity index (χ0n) is 12.3. The van der Waals surface area contributed by atoms with Gasteiger partial charge in [-0.1, -0.05) is 0 Å². The predicted octanol–water partition coefficient (Wildman–Crippen LogP) is 2.43. The molecule has 1 aliphatic carbocycles. The first-order valence-corrected chi connectivity index (χ1v) is 8.39. The standard InChI is InChI=1S/C15H22N2O3S/c1-2-17(9-7-13-16-8-10-21-13)14(18)11-3-5-12(6-4-11)15(19)20/h8,10-12H,2-7,9H2,1H3,(H,19,20). The summed E-state index contributed by atoms with van der Waals surface area (Å²) >= 11 is 1.61. The third kappa shape index (κ3) is 4.27. The number of hydrogen-bond acceptors (Lipinski definition) is 4. The first-order valence-electron chi connectivity index (χ1n) is 7.51. The number of carbonyl (C=O) groups excluding carboxylic acids is 1. The fourth-order valence-corrected chi connectivity index (χ4v) is 3.49.